The largest absolute Gasteiger partial charge is 0.313 e. The van der Waals surface area contributed by atoms with Gasteiger partial charge in [-0.2, -0.15) is 0 Å². The van der Waals surface area contributed by atoms with Gasteiger partial charge in [0.05, 0.1) is 0 Å². The van der Waals surface area contributed by atoms with Crippen LogP contribution < -0.4 is 5.32 Å². The SMILES string of the molecule is CNC(Cc1ccccc1Cl)c1ccc(I)cc1. The van der Waals surface area contributed by atoms with Crippen LogP contribution >= 0.6 is 34.2 Å². The van der Waals surface area contributed by atoms with E-state index in [4.69, 9.17) is 11.6 Å². The second kappa shape index (κ2) is 6.55. The fourth-order valence-corrected chi connectivity index (χ4v) is 2.54. The first-order chi connectivity index (χ1) is 8.70. The Morgan fingerprint density at radius 3 is 2.39 bits per heavy atom. The lowest BCUT2D eigenvalue weighted by Crippen LogP contribution is -2.18. The molecule has 1 atom stereocenters. The minimum atomic E-state index is 0.293. The highest BCUT2D eigenvalue weighted by atomic mass is 127. The molecule has 0 saturated heterocycles. The van der Waals surface area contributed by atoms with Crippen molar-refractivity contribution in [2.24, 2.45) is 0 Å². The topological polar surface area (TPSA) is 12.0 Å². The Balaban J connectivity index is 2.20. The Morgan fingerprint density at radius 1 is 1.11 bits per heavy atom. The van der Waals surface area contributed by atoms with E-state index in [1.165, 1.54) is 14.7 Å². The molecule has 0 aliphatic carbocycles. The van der Waals surface area contributed by atoms with Crippen LogP contribution in [-0.4, -0.2) is 7.05 Å². The molecule has 0 aromatic heterocycles. The molecule has 0 spiro atoms. The van der Waals surface area contributed by atoms with Crippen LogP contribution in [0.1, 0.15) is 17.2 Å². The molecule has 1 nitrogen and oxygen atoms in total. The summed E-state index contributed by atoms with van der Waals surface area (Å²) in [5, 5.41) is 4.19. The van der Waals surface area contributed by atoms with Crippen LogP contribution in [0.15, 0.2) is 48.5 Å². The second-order valence-electron chi connectivity index (χ2n) is 4.19. The highest BCUT2D eigenvalue weighted by Gasteiger charge is 2.11. The molecule has 0 aliphatic rings. The van der Waals surface area contributed by atoms with Crippen molar-refractivity contribution in [2.75, 3.05) is 7.05 Å². The fraction of sp³-hybridized carbons (Fsp3) is 0.200. The highest BCUT2D eigenvalue weighted by Crippen LogP contribution is 2.23. The van der Waals surface area contributed by atoms with Gasteiger partial charge in [0, 0.05) is 14.6 Å². The molecular weight excluding hydrogens is 357 g/mol. The molecule has 0 radical (unpaired) electrons. The Labute approximate surface area is 127 Å². The predicted octanol–water partition coefficient (Wildman–Crippen LogP) is 4.45. The third-order valence-corrected chi connectivity index (χ3v) is 4.09. The summed E-state index contributed by atoms with van der Waals surface area (Å²) >= 11 is 8.53. The zero-order valence-corrected chi connectivity index (χ0v) is 13.1. The molecule has 2 rings (SSSR count). The van der Waals surface area contributed by atoms with Gasteiger partial charge in [-0.1, -0.05) is 41.9 Å². The monoisotopic (exact) mass is 371 g/mol. The van der Waals surface area contributed by atoms with Crippen molar-refractivity contribution in [2.45, 2.75) is 12.5 Å². The summed E-state index contributed by atoms with van der Waals surface area (Å²) in [5.74, 6) is 0. The van der Waals surface area contributed by atoms with Crippen LogP contribution in [0, 0.1) is 3.57 Å². The van der Waals surface area contributed by atoms with E-state index in [-0.39, 0.29) is 0 Å². The van der Waals surface area contributed by atoms with Gasteiger partial charge >= 0.3 is 0 Å². The van der Waals surface area contributed by atoms with E-state index in [1.54, 1.807) is 0 Å². The molecule has 2 aromatic carbocycles. The Kier molecular flexibility index (Phi) is 5.03. The van der Waals surface area contributed by atoms with E-state index in [2.05, 4.69) is 58.2 Å². The third kappa shape index (κ3) is 3.46. The number of hydrogen-bond acceptors (Lipinski definition) is 1. The minimum absolute atomic E-state index is 0.293. The maximum absolute atomic E-state index is 6.21. The normalized spacial score (nSPS) is 12.4. The predicted molar refractivity (Wildman–Crippen MR) is 86.1 cm³/mol. The molecule has 94 valence electrons. The van der Waals surface area contributed by atoms with Crippen LogP contribution in [0.3, 0.4) is 0 Å². The molecule has 0 saturated carbocycles. The minimum Gasteiger partial charge on any atom is -0.313 e. The van der Waals surface area contributed by atoms with E-state index in [1.807, 2.05) is 25.2 Å². The maximum Gasteiger partial charge on any atom is 0.0438 e. The summed E-state index contributed by atoms with van der Waals surface area (Å²) in [6.07, 6.45) is 0.900. The molecule has 0 heterocycles. The van der Waals surface area contributed by atoms with Crippen LogP contribution in [0.25, 0.3) is 0 Å². The van der Waals surface area contributed by atoms with Crippen molar-refractivity contribution in [1.29, 1.82) is 0 Å². The lowest BCUT2D eigenvalue weighted by Gasteiger charge is -2.17. The number of halogens is 2. The van der Waals surface area contributed by atoms with Crippen molar-refractivity contribution in [3.8, 4) is 0 Å². The van der Waals surface area contributed by atoms with Crippen molar-refractivity contribution in [3.63, 3.8) is 0 Å². The van der Waals surface area contributed by atoms with Gasteiger partial charge in [-0.15, -0.1) is 0 Å². The van der Waals surface area contributed by atoms with Crippen LogP contribution in [0.4, 0.5) is 0 Å². The molecule has 18 heavy (non-hydrogen) atoms. The van der Waals surface area contributed by atoms with E-state index < -0.39 is 0 Å². The van der Waals surface area contributed by atoms with E-state index in [0.717, 1.165) is 11.4 Å². The third-order valence-electron chi connectivity index (χ3n) is 3.00. The molecule has 0 bridgehead atoms. The van der Waals surface area contributed by atoms with E-state index in [9.17, 15) is 0 Å². The molecule has 0 amide bonds. The summed E-state index contributed by atoms with van der Waals surface area (Å²) in [5.41, 5.74) is 2.47. The second-order valence-corrected chi connectivity index (χ2v) is 5.84. The molecule has 0 aliphatic heterocycles. The van der Waals surface area contributed by atoms with Gasteiger partial charge in [-0.25, -0.2) is 0 Å². The molecule has 1 unspecified atom stereocenters. The Bertz CT molecular complexity index is 510. The van der Waals surface area contributed by atoms with Crippen LogP contribution in [-0.2, 0) is 6.42 Å². The van der Waals surface area contributed by atoms with E-state index in [0.29, 0.717) is 6.04 Å². The van der Waals surface area contributed by atoms with Gasteiger partial charge in [0.25, 0.3) is 0 Å². The van der Waals surface area contributed by atoms with Crippen LogP contribution in [0.5, 0.6) is 0 Å². The molecule has 3 heteroatoms. The van der Waals surface area contributed by atoms with E-state index >= 15 is 0 Å². The molecule has 1 N–H and O–H groups in total. The average Bonchev–Trinajstić information content (AvgIpc) is 2.39. The van der Waals surface area contributed by atoms with Crippen molar-refractivity contribution in [3.05, 3.63) is 68.3 Å². The van der Waals surface area contributed by atoms with Crippen molar-refractivity contribution in [1.82, 2.24) is 5.32 Å². The first-order valence-electron chi connectivity index (χ1n) is 5.87. The first kappa shape index (κ1) is 13.8. The Morgan fingerprint density at radius 2 is 1.78 bits per heavy atom. The number of likely N-dealkylation sites (N-methyl/N-ethyl adjacent to an activating group) is 1. The van der Waals surface area contributed by atoms with Gasteiger partial charge in [-0.3, -0.25) is 0 Å². The average molecular weight is 372 g/mol. The molecule has 0 fully saturated rings. The van der Waals surface area contributed by atoms with Gasteiger partial charge in [0.2, 0.25) is 0 Å². The summed E-state index contributed by atoms with van der Waals surface area (Å²) in [7, 11) is 1.99. The zero-order valence-electron chi connectivity index (χ0n) is 10.2. The zero-order chi connectivity index (χ0) is 13.0. The summed E-state index contributed by atoms with van der Waals surface area (Å²) in [4.78, 5) is 0. The van der Waals surface area contributed by atoms with Gasteiger partial charge in [0.15, 0.2) is 0 Å². The summed E-state index contributed by atoms with van der Waals surface area (Å²) in [6.45, 7) is 0. The fourth-order valence-electron chi connectivity index (χ4n) is 1.97. The standard InChI is InChI=1S/C15H15ClIN/c1-18-15(11-6-8-13(17)9-7-11)10-12-4-2-3-5-14(12)16/h2-9,15,18H,10H2,1H3. The number of rotatable bonds is 4. The number of benzene rings is 2. The van der Waals surface area contributed by atoms with Gasteiger partial charge in [0.1, 0.15) is 0 Å². The first-order valence-corrected chi connectivity index (χ1v) is 7.32. The summed E-state index contributed by atoms with van der Waals surface area (Å²) < 4.78 is 1.25. The van der Waals surface area contributed by atoms with Crippen molar-refractivity contribution < 1.29 is 0 Å². The van der Waals surface area contributed by atoms with Gasteiger partial charge in [-0.05, 0) is 65.4 Å². The molecular formula is C15H15ClIN. The highest BCUT2D eigenvalue weighted by molar-refractivity contribution is 14.1. The maximum atomic E-state index is 6.21. The van der Waals surface area contributed by atoms with Crippen LogP contribution in [0.2, 0.25) is 5.02 Å². The Hall–Kier alpha value is -0.580. The smallest absolute Gasteiger partial charge is 0.0438 e. The number of nitrogens with one attached hydrogen (secondary N) is 1. The lowest BCUT2D eigenvalue weighted by molar-refractivity contribution is 0.592. The number of hydrogen-bond donors (Lipinski definition) is 1. The molecule has 2 aromatic rings. The quantitative estimate of drug-likeness (QED) is 0.783. The van der Waals surface area contributed by atoms with Crippen molar-refractivity contribution >= 4 is 34.2 Å². The lowest BCUT2D eigenvalue weighted by atomic mass is 9.99. The van der Waals surface area contributed by atoms with Gasteiger partial charge < -0.3 is 5.32 Å². The summed E-state index contributed by atoms with van der Waals surface area (Å²) in [6, 6.07) is 16.9.